The van der Waals surface area contributed by atoms with E-state index in [9.17, 15) is 4.39 Å². The molecule has 0 saturated heterocycles. The molecule has 0 aliphatic rings. The zero-order valence-electron chi connectivity index (χ0n) is 8.11. The van der Waals surface area contributed by atoms with E-state index < -0.39 is 0 Å². The summed E-state index contributed by atoms with van der Waals surface area (Å²) in [5, 5.41) is 7.72. The van der Waals surface area contributed by atoms with Gasteiger partial charge in [0, 0.05) is 5.56 Å². The Kier molecular flexibility index (Phi) is 2.29. The molecule has 0 amide bonds. The fraction of sp³-hybridized carbons (Fsp3) is 0.100. The first-order valence-corrected chi connectivity index (χ1v) is 4.39. The Bertz CT molecular complexity index is 481. The van der Waals surface area contributed by atoms with E-state index in [0.29, 0.717) is 22.9 Å². The molecule has 5 heteroatoms. The first-order valence-electron chi connectivity index (χ1n) is 4.39. The van der Waals surface area contributed by atoms with Crippen molar-refractivity contribution in [3.8, 4) is 11.3 Å². The topological polar surface area (TPSA) is 64.7 Å². The summed E-state index contributed by atoms with van der Waals surface area (Å²) in [4.78, 5) is 3.98. The molecule has 4 nitrogen and oxygen atoms in total. The molecule has 2 rings (SSSR count). The number of aromatic nitrogens is 3. The molecule has 0 aliphatic heterocycles. The Morgan fingerprint density at radius 1 is 1.13 bits per heavy atom. The van der Waals surface area contributed by atoms with Gasteiger partial charge in [-0.25, -0.2) is 9.37 Å². The molecule has 0 unspecified atom stereocenters. The summed E-state index contributed by atoms with van der Waals surface area (Å²) in [6.45, 7) is 1.71. The van der Waals surface area contributed by atoms with E-state index in [1.54, 1.807) is 19.1 Å². The number of hydrogen-bond acceptors (Lipinski definition) is 4. The molecule has 0 spiro atoms. The molecule has 0 bridgehead atoms. The normalized spacial score (nSPS) is 10.3. The van der Waals surface area contributed by atoms with Gasteiger partial charge in [0.05, 0.1) is 0 Å². The maximum atomic E-state index is 12.7. The third-order valence-electron chi connectivity index (χ3n) is 1.94. The molecule has 15 heavy (non-hydrogen) atoms. The minimum atomic E-state index is -0.301. The number of rotatable bonds is 1. The molecule has 76 valence electrons. The van der Waals surface area contributed by atoms with Crippen LogP contribution in [0.4, 0.5) is 10.2 Å². The molecule has 1 aromatic heterocycles. The van der Waals surface area contributed by atoms with Crippen LogP contribution in [-0.2, 0) is 0 Å². The third-order valence-corrected chi connectivity index (χ3v) is 1.94. The summed E-state index contributed by atoms with van der Waals surface area (Å²) in [5.74, 6) is 0.512. The summed E-state index contributed by atoms with van der Waals surface area (Å²) < 4.78 is 12.7. The van der Waals surface area contributed by atoms with Crippen molar-refractivity contribution in [2.24, 2.45) is 0 Å². The summed E-state index contributed by atoms with van der Waals surface area (Å²) in [5.41, 5.74) is 6.86. The molecule has 0 atom stereocenters. The van der Waals surface area contributed by atoms with Crippen LogP contribution >= 0.6 is 0 Å². The average Bonchev–Trinajstić information content (AvgIpc) is 2.20. The van der Waals surface area contributed by atoms with Gasteiger partial charge >= 0.3 is 0 Å². The lowest BCUT2D eigenvalue weighted by Gasteiger charge is -2.02. The van der Waals surface area contributed by atoms with E-state index in [0.717, 1.165) is 0 Å². The number of nitrogen functional groups attached to an aromatic ring is 1. The van der Waals surface area contributed by atoms with Crippen molar-refractivity contribution < 1.29 is 4.39 Å². The lowest BCUT2D eigenvalue weighted by atomic mass is 10.1. The third kappa shape index (κ3) is 1.90. The van der Waals surface area contributed by atoms with Gasteiger partial charge < -0.3 is 5.73 Å². The first-order chi connectivity index (χ1) is 7.16. The standard InChI is InChI=1S/C10H9FN4/c1-6-13-10(12)9(15-14-6)7-2-4-8(11)5-3-7/h2-5H,1H3,(H2,12,13,14). The van der Waals surface area contributed by atoms with Gasteiger partial charge in [-0.3, -0.25) is 0 Å². The Labute approximate surface area is 86.0 Å². The second-order valence-electron chi connectivity index (χ2n) is 3.10. The van der Waals surface area contributed by atoms with Crippen LogP contribution in [0.15, 0.2) is 24.3 Å². The monoisotopic (exact) mass is 204 g/mol. The second-order valence-corrected chi connectivity index (χ2v) is 3.10. The van der Waals surface area contributed by atoms with Crippen LogP contribution in [0.25, 0.3) is 11.3 Å². The van der Waals surface area contributed by atoms with Gasteiger partial charge in [0.2, 0.25) is 0 Å². The van der Waals surface area contributed by atoms with Gasteiger partial charge in [-0.2, -0.15) is 0 Å². The van der Waals surface area contributed by atoms with E-state index in [1.807, 2.05) is 0 Å². The minimum absolute atomic E-state index is 0.300. The lowest BCUT2D eigenvalue weighted by Crippen LogP contribution is -2.01. The van der Waals surface area contributed by atoms with E-state index in [1.165, 1.54) is 12.1 Å². The fourth-order valence-electron chi connectivity index (χ4n) is 1.24. The number of nitrogens with two attached hydrogens (primary N) is 1. The summed E-state index contributed by atoms with van der Waals surface area (Å²) in [6.07, 6.45) is 0. The Morgan fingerprint density at radius 2 is 1.80 bits per heavy atom. The van der Waals surface area contributed by atoms with Gasteiger partial charge in [-0.15, -0.1) is 10.2 Å². The van der Waals surface area contributed by atoms with Crippen LogP contribution in [-0.4, -0.2) is 15.2 Å². The molecule has 0 aliphatic carbocycles. The molecule has 2 N–H and O–H groups in total. The molecule has 0 saturated carbocycles. The van der Waals surface area contributed by atoms with E-state index >= 15 is 0 Å². The van der Waals surface area contributed by atoms with Crippen LogP contribution in [0.2, 0.25) is 0 Å². The zero-order valence-corrected chi connectivity index (χ0v) is 8.11. The predicted octanol–water partition coefficient (Wildman–Crippen LogP) is 1.57. The van der Waals surface area contributed by atoms with E-state index in [4.69, 9.17) is 5.73 Å². The zero-order chi connectivity index (χ0) is 10.8. The van der Waals surface area contributed by atoms with Crippen molar-refractivity contribution in [1.29, 1.82) is 0 Å². The Hall–Kier alpha value is -2.04. The smallest absolute Gasteiger partial charge is 0.154 e. The average molecular weight is 204 g/mol. The number of aryl methyl sites for hydroxylation is 1. The van der Waals surface area contributed by atoms with Crippen LogP contribution < -0.4 is 5.73 Å². The summed E-state index contributed by atoms with van der Waals surface area (Å²) in [7, 11) is 0. The van der Waals surface area contributed by atoms with E-state index in [-0.39, 0.29) is 5.82 Å². The second kappa shape index (κ2) is 3.61. The predicted molar refractivity (Wildman–Crippen MR) is 54.4 cm³/mol. The van der Waals surface area contributed by atoms with Crippen LogP contribution in [0.3, 0.4) is 0 Å². The fourth-order valence-corrected chi connectivity index (χ4v) is 1.24. The van der Waals surface area contributed by atoms with E-state index in [2.05, 4.69) is 15.2 Å². The summed E-state index contributed by atoms with van der Waals surface area (Å²) in [6, 6.07) is 5.87. The van der Waals surface area contributed by atoms with Gasteiger partial charge in [-0.1, -0.05) is 0 Å². The largest absolute Gasteiger partial charge is 0.382 e. The molecular weight excluding hydrogens is 195 g/mol. The van der Waals surface area contributed by atoms with Crippen molar-refractivity contribution in [2.75, 3.05) is 5.73 Å². The number of hydrogen-bond donors (Lipinski definition) is 1. The molecule has 2 aromatic rings. The first kappa shape index (κ1) is 9.51. The lowest BCUT2D eigenvalue weighted by molar-refractivity contribution is 0.628. The SMILES string of the molecule is Cc1nnc(-c2ccc(F)cc2)c(N)n1. The molecule has 1 aromatic carbocycles. The van der Waals surface area contributed by atoms with Gasteiger partial charge in [0.15, 0.2) is 5.82 Å². The minimum Gasteiger partial charge on any atom is -0.382 e. The van der Waals surface area contributed by atoms with Crippen molar-refractivity contribution in [2.45, 2.75) is 6.92 Å². The van der Waals surface area contributed by atoms with Crippen LogP contribution in [0.1, 0.15) is 5.82 Å². The summed E-state index contributed by atoms with van der Waals surface area (Å²) >= 11 is 0. The highest BCUT2D eigenvalue weighted by Gasteiger charge is 2.06. The van der Waals surface area contributed by atoms with Crippen molar-refractivity contribution in [3.05, 3.63) is 35.9 Å². The van der Waals surface area contributed by atoms with Gasteiger partial charge in [0.25, 0.3) is 0 Å². The Balaban J connectivity index is 2.49. The van der Waals surface area contributed by atoms with Crippen LogP contribution in [0.5, 0.6) is 0 Å². The quantitative estimate of drug-likeness (QED) is 0.765. The molecular formula is C10H9FN4. The number of benzene rings is 1. The number of anilines is 1. The van der Waals surface area contributed by atoms with Crippen LogP contribution in [0, 0.1) is 12.7 Å². The number of nitrogens with zero attached hydrogens (tertiary/aromatic N) is 3. The van der Waals surface area contributed by atoms with Gasteiger partial charge in [0.1, 0.15) is 17.3 Å². The molecule has 1 heterocycles. The maximum absolute atomic E-state index is 12.7. The highest BCUT2D eigenvalue weighted by molar-refractivity contribution is 5.68. The maximum Gasteiger partial charge on any atom is 0.154 e. The molecule has 0 radical (unpaired) electrons. The molecule has 0 fully saturated rings. The number of halogens is 1. The van der Waals surface area contributed by atoms with Crippen molar-refractivity contribution >= 4 is 5.82 Å². The Morgan fingerprint density at radius 3 is 2.40 bits per heavy atom. The highest BCUT2D eigenvalue weighted by atomic mass is 19.1. The van der Waals surface area contributed by atoms with Gasteiger partial charge in [-0.05, 0) is 31.2 Å². The van der Waals surface area contributed by atoms with Crippen molar-refractivity contribution in [1.82, 2.24) is 15.2 Å². The highest BCUT2D eigenvalue weighted by Crippen LogP contribution is 2.20. The van der Waals surface area contributed by atoms with Crippen molar-refractivity contribution in [3.63, 3.8) is 0 Å².